The van der Waals surface area contributed by atoms with E-state index < -0.39 is 0 Å². The van der Waals surface area contributed by atoms with Gasteiger partial charge in [-0.1, -0.05) is 18.2 Å². The number of para-hydroxylation sites is 1. The van der Waals surface area contributed by atoms with Gasteiger partial charge in [-0.15, -0.1) is 0 Å². The lowest BCUT2D eigenvalue weighted by atomic mass is 10.1. The van der Waals surface area contributed by atoms with Crippen molar-refractivity contribution in [2.45, 2.75) is 0 Å². The molecule has 0 unspecified atom stereocenters. The minimum Gasteiger partial charge on any atom is -0.463 e. The summed E-state index contributed by atoms with van der Waals surface area (Å²) in [6.45, 7) is 0. The number of amides is 1. The zero-order valence-electron chi connectivity index (χ0n) is 13.1. The maximum Gasteiger partial charge on any atom is 0.256 e. The smallest absolute Gasteiger partial charge is 0.256 e. The number of benzene rings is 2. The van der Waals surface area contributed by atoms with Crippen LogP contribution in [0.25, 0.3) is 22.4 Å². The van der Waals surface area contributed by atoms with Gasteiger partial charge in [0.05, 0.1) is 17.3 Å². The van der Waals surface area contributed by atoms with Crippen LogP contribution in [0.3, 0.4) is 0 Å². The number of anilines is 1. The summed E-state index contributed by atoms with van der Waals surface area (Å²) in [6.07, 6.45) is 1.59. The van der Waals surface area contributed by atoms with Crippen LogP contribution in [0.1, 0.15) is 10.4 Å². The number of hydrogen-bond donors (Lipinski definition) is 1. The Bertz CT molecular complexity index is 1040. The molecule has 0 aliphatic heterocycles. The molecule has 2 aromatic heterocycles. The first-order valence-electron chi connectivity index (χ1n) is 7.71. The van der Waals surface area contributed by atoms with Crippen molar-refractivity contribution >= 4 is 45.1 Å². The Morgan fingerprint density at radius 3 is 2.56 bits per heavy atom. The standard InChI is InChI=1S/C20H13IN2O2/c21-13-7-9-14(10-8-13)22-20(24)16-12-18(19-6-3-11-25-19)23-17-5-2-1-4-15(16)17/h1-12H,(H,22,24). The summed E-state index contributed by atoms with van der Waals surface area (Å²) in [5, 5.41) is 3.76. The quantitative estimate of drug-likeness (QED) is 0.437. The van der Waals surface area contributed by atoms with Crippen LogP contribution in [0.2, 0.25) is 0 Å². The van der Waals surface area contributed by atoms with E-state index in [1.807, 2.05) is 54.6 Å². The maximum atomic E-state index is 12.9. The number of hydrogen-bond acceptors (Lipinski definition) is 3. The Hall–Kier alpha value is -2.67. The van der Waals surface area contributed by atoms with Gasteiger partial charge in [0.25, 0.3) is 5.91 Å². The number of carbonyl (C=O) groups is 1. The van der Waals surface area contributed by atoms with Crippen molar-refractivity contribution in [1.82, 2.24) is 4.98 Å². The molecule has 0 bridgehead atoms. The van der Waals surface area contributed by atoms with Crippen molar-refractivity contribution in [2.75, 3.05) is 5.32 Å². The molecule has 122 valence electrons. The molecule has 0 aliphatic rings. The summed E-state index contributed by atoms with van der Waals surface area (Å²) < 4.78 is 6.56. The van der Waals surface area contributed by atoms with Crippen LogP contribution in [-0.4, -0.2) is 10.9 Å². The third kappa shape index (κ3) is 3.28. The average Bonchev–Trinajstić information content (AvgIpc) is 3.17. The van der Waals surface area contributed by atoms with Gasteiger partial charge in [-0.25, -0.2) is 4.98 Å². The lowest BCUT2D eigenvalue weighted by molar-refractivity contribution is 0.102. The first-order valence-corrected chi connectivity index (χ1v) is 8.79. The zero-order chi connectivity index (χ0) is 17.2. The molecule has 0 saturated heterocycles. The predicted octanol–water partition coefficient (Wildman–Crippen LogP) is 5.35. The molecule has 0 radical (unpaired) electrons. The van der Waals surface area contributed by atoms with E-state index in [0.29, 0.717) is 17.0 Å². The summed E-state index contributed by atoms with van der Waals surface area (Å²) in [6, 6.07) is 20.7. The molecule has 0 saturated carbocycles. The molecule has 4 nitrogen and oxygen atoms in total. The van der Waals surface area contributed by atoms with Gasteiger partial charge < -0.3 is 9.73 Å². The lowest BCUT2D eigenvalue weighted by Crippen LogP contribution is -2.13. The van der Waals surface area contributed by atoms with Gasteiger partial charge >= 0.3 is 0 Å². The summed E-state index contributed by atoms with van der Waals surface area (Å²) in [4.78, 5) is 17.5. The van der Waals surface area contributed by atoms with Crippen LogP contribution in [0, 0.1) is 3.57 Å². The largest absolute Gasteiger partial charge is 0.463 e. The van der Waals surface area contributed by atoms with Gasteiger partial charge in [-0.05, 0) is 71.1 Å². The van der Waals surface area contributed by atoms with Crippen molar-refractivity contribution in [1.29, 1.82) is 0 Å². The van der Waals surface area contributed by atoms with Gasteiger partial charge in [0.15, 0.2) is 5.76 Å². The van der Waals surface area contributed by atoms with Gasteiger partial charge in [-0.2, -0.15) is 0 Å². The molecular formula is C20H13IN2O2. The average molecular weight is 440 g/mol. The molecule has 1 amide bonds. The van der Waals surface area contributed by atoms with E-state index in [1.54, 1.807) is 18.4 Å². The summed E-state index contributed by atoms with van der Waals surface area (Å²) >= 11 is 2.23. The van der Waals surface area contributed by atoms with E-state index in [2.05, 4.69) is 32.9 Å². The second-order valence-corrected chi connectivity index (χ2v) is 6.76. The fraction of sp³-hybridized carbons (Fsp3) is 0. The molecule has 1 N–H and O–H groups in total. The number of pyridine rings is 1. The number of carbonyl (C=O) groups excluding carboxylic acids is 1. The molecule has 25 heavy (non-hydrogen) atoms. The van der Waals surface area contributed by atoms with Crippen molar-refractivity contribution < 1.29 is 9.21 Å². The molecule has 2 aromatic carbocycles. The molecule has 0 spiro atoms. The van der Waals surface area contributed by atoms with E-state index in [4.69, 9.17) is 4.42 Å². The SMILES string of the molecule is O=C(Nc1ccc(I)cc1)c1cc(-c2ccco2)nc2ccccc12. The molecule has 0 aliphatic carbocycles. The Morgan fingerprint density at radius 2 is 1.80 bits per heavy atom. The third-order valence-electron chi connectivity index (χ3n) is 3.84. The summed E-state index contributed by atoms with van der Waals surface area (Å²) in [5.41, 5.74) is 2.71. The zero-order valence-corrected chi connectivity index (χ0v) is 15.2. The highest BCUT2D eigenvalue weighted by molar-refractivity contribution is 14.1. The Labute approximate surface area is 158 Å². The molecule has 2 heterocycles. The first kappa shape index (κ1) is 15.8. The highest BCUT2D eigenvalue weighted by Gasteiger charge is 2.15. The number of furan rings is 1. The fourth-order valence-electron chi connectivity index (χ4n) is 2.65. The predicted molar refractivity (Wildman–Crippen MR) is 107 cm³/mol. The van der Waals surface area contributed by atoms with Gasteiger partial charge in [0.2, 0.25) is 0 Å². The van der Waals surface area contributed by atoms with E-state index >= 15 is 0 Å². The van der Waals surface area contributed by atoms with Crippen molar-refractivity contribution in [3.05, 3.63) is 82.1 Å². The van der Waals surface area contributed by atoms with Crippen LogP contribution >= 0.6 is 22.6 Å². The van der Waals surface area contributed by atoms with Crippen LogP contribution < -0.4 is 5.32 Å². The minimum absolute atomic E-state index is 0.174. The molecule has 0 fully saturated rings. The fourth-order valence-corrected chi connectivity index (χ4v) is 3.01. The Morgan fingerprint density at radius 1 is 1.00 bits per heavy atom. The van der Waals surface area contributed by atoms with Gasteiger partial charge in [-0.3, -0.25) is 4.79 Å². The summed E-state index contributed by atoms with van der Waals surface area (Å²) in [5.74, 6) is 0.460. The van der Waals surface area contributed by atoms with E-state index in [9.17, 15) is 4.79 Å². The van der Waals surface area contributed by atoms with Crippen molar-refractivity contribution in [3.8, 4) is 11.5 Å². The Kier molecular flexibility index (Phi) is 4.23. The van der Waals surface area contributed by atoms with Crippen molar-refractivity contribution in [3.63, 3.8) is 0 Å². The van der Waals surface area contributed by atoms with Crippen LogP contribution in [0.15, 0.2) is 77.4 Å². The third-order valence-corrected chi connectivity index (χ3v) is 4.56. The number of fused-ring (bicyclic) bond motifs is 1. The van der Waals surface area contributed by atoms with Crippen LogP contribution in [0.4, 0.5) is 5.69 Å². The number of nitrogens with one attached hydrogen (secondary N) is 1. The topological polar surface area (TPSA) is 55.1 Å². The highest BCUT2D eigenvalue weighted by Crippen LogP contribution is 2.26. The second-order valence-electron chi connectivity index (χ2n) is 5.51. The number of aromatic nitrogens is 1. The molecule has 4 aromatic rings. The van der Waals surface area contributed by atoms with Gasteiger partial charge in [0, 0.05) is 14.6 Å². The molecule has 5 heteroatoms. The molecule has 4 rings (SSSR count). The second kappa shape index (κ2) is 6.68. The maximum absolute atomic E-state index is 12.9. The van der Waals surface area contributed by atoms with E-state index in [1.165, 1.54) is 0 Å². The minimum atomic E-state index is -0.174. The molecule has 0 atom stereocenters. The summed E-state index contributed by atoms with van der Waals surface area (Å²) in [7, 11) is 0. The normalized spacial score (nSPS) is 10.8. The van der Waals surface area contributed by atoms with Crippen LogP contribution in [0.5, 0.6) is 0 Å². The number of nitrogens with zero attached hydrogens (tertiary/aromatic N) is 1. The first-order chi connectivity index (χ1) is 12.2. The molecular weight excluding hydrogens is 427 g/mol. The van der Waals surface area contributed by atoms with E-state index in [-0.39, 0.29) is 5.91 Å². The lowest BCUT2D eigenvalue weighted by Gasteiger charge is -2.10. The van der Waals surface area contributed by atoms with E-state index in [0.717, 1.165) is 20.2 Å². The number of rotatable bonds is 3. The number of halogens is 1. The van der Waals surface area contributed by atoms with Crippen molar-refractivity contribution in [2.24, 2.45) is 0 Å². The monoisotopic (exact) mass is 440 g/mol. The highest BCUT2D eigenvalue weighted by atomic mass is 127. The van der Waals surface area contributed by atoms with Gasteiger partial charge in [0.1, 0.15) is 5.69 Å². The van der Waals surface area contributed by atoms with Crippen LogP contribution in [-0.2, 0) is 0 Å². The Balaban J connectivity index is 1.79.